The molecule has 0 fully saturated rings. The lowest BCUT2D eigenvalue weighted by Gasteiger charge is -2.44. The molecule has 0 saturated carbocycles. The van der Waals surface area contributed by atoms with Gasteiger partial charge in [-0.25, -0.2) is 4.79 Å². The van der Waals surface area contributed by atoms with Crippen LogP contribution in [0.15, 0.2) is 71.2 Å². The standard InChI is InChI=1S/C29H34N2O3/c1-6-19-10-12-20(13-11-19)24-25-22(16-29(4,5)17-23(25)32)31(21-14-8-18(3)9-15-21)27(30)26(24)28(33)34-7-2/h8-15,24H,6-7,16-17,30H2,1-5H3. The summed E-state index contributed by atoms with van der Waals surface area (Å²) in [6, 6.07) is 16.1. The summed E-state index contributed by atoms with van der Waals surface area (Å²) in [6.07, 6.45) is 2.02. The highest BCUT2D eigenvalue weighted by Gasteiger charge is 2.46. The molecule has 2 aliphatic rings. The molecule has 1 atom stereocenters. The van der Waals surface area contributed by atoms with E-state index in [0.29, 0.717) is 29.8 Å². The summed E-state index contributed by atoms with van der Waals surface area (Å²) < 4.78 is 5.47. The number of anilines is 1. The van der Waals surface area contributed by atoms with Crippen molar-refractivity contribution in [2.75, 3.05) is 11.5 Å². The molecule has 0 aromatic heterocycles. The summed E-state index contributed by atoms with van der Waals surface area (Å²) in [5.41, 5.74) is 12.5. The first-order chi connectivity index (χ1) is 16.2. The van der Waals surface area contributed by atoms with E-state index in [9.17, 15) is 9.59 Å². The van der Waals surface area contributed by atoms with E-state index in [1.807, 2.05) is 48.2 Å². The second-order valence-electron chi connectivity index (χ2n) is 10.0. The number of aryl methyl sites for hydroxylation is 2. The summed E-state index contributed by atoms with van der Waals surface area (Å²) in [5, 5.41) is 0. The molecule has 0 amide bonds. The third-order valence-corrected chi connectivity index (χ3v) is 6.77. The van der Waals surface area contributed by atoms with Gasteiger partial charge in [0.2, 0.25) is 0 Å². The van der Waals surface area contributed by atoms with Gasteiger partial charge in [-0.1, -0.05) is 62.7 Å². The van der Waals surface area contributed by atoms with Crippen LogP contribution in [-0.4, -0.2) is 18.4 Å². The molecule has 178 valence electrons. The zero-order valence-electron chi connectivity index (χ0n) is 20.8. The van der Waals surface area contributed by atoms with E-state index >= 15 is 0 Å². The van der Waals surface area contributed by atoms with Gasteiger partial charge in [0.05, 0.1) is 18.1 Å². The normalized spacial score (nSPS) is 19.9. The Morgan fingerprint density at radius 3 is 2.29 bits per heavy atom. The van der Waals surface area contributed by atoms with Crippen molar-refractivity contribution in [1.29, 1.82) is 0 Å². The molecule has 4 rings (SSSR count). The molecule has 2 aromatic carbocycles. The lowest BCUT2D eigenvalue weighted by atomic mass is 9.68. The molecule has 1 aliphatic carbocycles. The number of rotatable bonds is 5. The van der Waals surface area contributed by atoms with Crippen molar-refractivity contribution in [1.82, 2.24) is 0 Å². The highest BCUT2D eigenvalue weighted by Crippen LogP contribution is 2.50. The van der Waals surface area contributed by atoms with E-state index in [4.69, 9.17) is 10.5 Å². The molecule has 1 unspecified atom stereocenters. The summed E-state index contributed by atoms with van der Waals surface area (Å²) >= 11 is 0. The van der Waals surface area contributed by atoms with E-state index in [-0.39, 0.29) is 17.8 Å². The topological polar surface area (TPSA) is 72.6 Å². The first-order valence-electron chi connectivity index (χ1n) is 12.1. The van der Waals surface area contributed by atoms with E-state index in [0.717, 1.165) is 28.9 Å². The molecule has 0 radical (unpaired) electrons. The average Bonchev–Trinajstić information content (AvgIpc) is 2.78. The van der Waals surface area contributed by atoms with Gasteiger partial charge in [-0.15, -0.1) is 0 Å². The van der Waals surface area contributed by atoms with Gasteiger partial charge in [0.15, 0.2) is 5.78 Å². The van der Waals surface area contributed by atoms with Gasteiger partial charge in [0.25, 0.3) is 0 Å². The zero-order chi connectivity index (χ0) is 24.6. The first-order valence-corrected chi connectivity index (χ1v) is 12.1. The van der Waals surface area contributed by atoms with Crippen LogP contribution < -0.4 is 10.6 Å². The minimum absolute atomic E-state index is 0.0576. The molecule has 5 heteroatoms. The van der Waals surface area contributed by atoms with Crippen molar-refractivity contribution in [3.8, 4) is 0 Å². The molecule has 5 nitrogen and oxygen atoms in total. The summed E-state index contributed by atoms with van der Waals surface area (Å²) in [6.45, 7) is 10.3. The van der Waals surface area contributed by atoms with Crippen LogP contribution in [0.1, 0.15) is 63.1 Å². The van der Waals surface area contributed by atoms with Crippen LogP contribution >= 0.6 is 0 Å². The quantitative estimate of drug-likeness (QED) is 0.596. The zero-order valence-corrected chi connectivity index (χ0v) is 20.8. The maximum absolute atomic E-state index is 13.7. The summed E-state index contributed by atoms with van der Waals surface area (Å²) in [5.74, 6) is -0.644. The van der Waals surface area contributed by atoms with Crippen LogP contribution in [0, 0.1) is 12.3 Å². The van der Waals surface area contributed by atoms with E-state index in [1.54, 1.807) is 6.92 Å². The largest absolute Gasteiger partial charge is 0.463 e. The Kier molecular flexibility index (Phi) is 6.39. The highest BCUT2D eigenvalue weighted by molar-refractivity contribution is 6.05. The van der Waals surface area contributed by atoms with Crippen molar-refractivity contribution in [2.24, 2.45) is 11.1 Å². The number of carbonyl (C=O) groups is 2. The maximum atomic E-state index is 13.7. The lowest BCUT2D eigenvalue weighted by molar-refractivity contribution is -0.138. The Morgan fingerprint density at radius 1 is 1.06 bits per heavy atom. The van der Waals surface area contributed by atoms with Crippen LogP contribution in [0.25, 0.3) is 0 Å². The Hall–Kier alpha value is -3.34. The molecule has 2 aromatic rings. The van der Waals surface area contributed by atoms with Crippen molar-refractivity contribution in [3.63, 3.8) is 0 Å². The average molecular weight is 459 g/mol. The van der Waals surface area contributed by atoms with Gasteiger partial charge in [-0.3, -0.25) is 9.69 Å². The summed E-state index contributed by atoms with van der Waals surface area (Å²) in [4.78, 5) is 28.9. The minimum atomic E-state index is -0.551. The Morgan fingerprint density at radius 2 is 1.71 bits per heavy atom. The molecule has 0 spiro atoms. The predicted molar refractivity (Wildman–Crippen MR) is 135 cm³/mol. The molecule has 0 bridgehead atoms. The van der Waals surface area contributed by atoms with Crippen LogP contribution in [0.5, 0.6) is 0 Å². The number of nitrogens with two attached hydrogens (primary N) is 1. The Balaban J connectivity index is 2.00. The van der Waals surface area contributed by atoms with Gasteiger partial charge in [-0.05, 0) is 55.4 Å². The summed E-state index contributed by atoms with van der Waals surface area (Å²) in [7, 11) is 0. The fraction of sp³-hybridized carbons (Fsp3) is 0.379. The number of carbonyl (C=O) groups excluding carboxylic acids is 2. The second-order valence-corrected chi connectivity index (χ2v) is 10.0. The fourth-order valence-electron chi connectivity index (χ4n) is 5.09. The van der Waals surface area contributed by atoms with Gasteiger partial charge >= 0.3 is 5.97 Å². The van der Waals surface area contributed by atoms with Crippen molar-refractivity contribution >= 4 is 17.4 Å². The minimum Gasteiger partial charge on any atom is -0.463 e. The molecule has 2 N–H and O–H groups in total. The van der Waals surface area contributed by atoms with Crippen molar-refractivity contribution < 1.29 is 14.3 Å². The number of allylic oxidation sites excluding steroid dienone is 2. The van der Waals surface area contributed by atoms with Gasteiger partial charge < -0.3 is 10.5 Å². The molecule has 34 heavy (non-hydrogen) atoms. The van der Waals surface area contributed by atoms with Crippen molar-refractivity contribution in [3.05, 3.63) is 87.9 Å². The number of benzene rings is 2. The van der Waals surface area contributed by atoms with E-state index in [1.165, 1.54) is 5.56 Å². The van der Waals surface area contributed by atoms with Gasteiger partial charge in [0, 0.05) is 23.4 Å². The molecule has 0 saturated heterocycles. The molecule has 1 aliphatic heterocycles. The lowest BCUT2D eigenvalue weighted by Crippen LogP contribution is -2.43. The van der Waals surface area contributed by atoms with Crippen LogP contribution in [-0.2, 0) is 20.7 Å². The molecule has 1 heterocycles. The maximum Gasteiger partial charge on any atom is 0.338 e. The third kappa shape index (κ3) is 4.27. The number of ketones is 1. The predicted octanol–water partition coefficient (Wildman–Crippen LogP) is 5.54. The van der Waals surface area contributed by atoms with Crippen LogP contribution in [0.2, 0.25) is 0 Å². The molecular weight excluding hydrogens is 424 g/mol. The number of ether oxygens (including phenoxy) is 1. The smallest absolute Gasteiger partial charge is 0.338 e. The van der Waals surface area contributed by atoms with Crippen molar-refractivity contribution in [2.45, 2.75) is 59.8 Å². The highest BCUT2D eigenvalue weighted by atomic mass is 16.5. The number of Topliss-reactive ketones (excluding diaryl/α,β-unsaturated/α-hetero) is 1. The van der Waals surface area contributed by atoms with Crippen LogP contribution in [0.3, 0.4) is 0 Å². The Bertz CT molecular complexity index is 1170. The number of esters is 1. The van der Waals surface area contributed by atoms with Gasteiger partial charge in [0.1, 0.15) is 5.82 Å². The monoisotopic (exact) mass is 458 g/mol. The third-order valence-electron chi connectivity index (χ3n) is 6.77. The second kappa shape index (κ2) is 9.13. The first kappa shape index (κ1) is 23.8. The fourth-order valence-corrected chi connectivity index (χ4v) is 5.09. The van der Waals surface area contributed by atoms with E-state index in [2.05, 4.69) is 32.9 Å². The van der Waals surface area contributed by atoms with Crippen LogP contribution in [0.4, 0.5) is 5.69 Å². The Labute approximate surface area is 202 Å². The SMILES string of the molecule is CCOC(=O)C1=C(N)N(c2ccc(C)cc2)C2=C(C(=O)CC(C)(C)C2)C1c1ccc(CC)cc1. The number of hydrogen-bond acceptors (Lipinski definition) is 5. The van der Waals surface area contributed by atoms with Gasteiger partial charge in [-0.2, -0.15) is 0 Å². The number of hydrogen-bond donors (Lipinski definition) is 1. The molecular formula is C29H34N2O3. The number of nitrogens with zero attached hydrogens (tertiary/aromatic N) is 1. The van der Waals surface area contributed by atoms with E-state index < -0.39 is 11.9 Å².